The van der Waals surface area contributed by atoms with Gasteiger partial charge in [0.05, 0.1) is 11.1 Å². The molecule has 156 valence electrons. The van der Waals surface area contributed by atoms with Crippen LogP contribution in [0, 0.1) is 0 Å². The second-order valence-corrected chi connectivity index (χ2v) is 9.06. The molecule has 1 aliphatic heterocycles. The largest absolute Gasteiger partial charge is 0.463 e. The van der Waals surface area contributed by atoms with E-state index in [9.17, 15) is 13.2 Å². The summed E-state index contributed by atoms with van der Waals surface area (Å²) in [7, 11) is -3.48. The number of rotatable bonds is 6. The zero-order valence-corrected chi connectivity index (χ0v) is 17.3. The third-order valence-electron chi connectivity index (χ3n) is 5.02. The predicted molar refractivity (Wildman–Crippen MR) is 113 cm³/mol. The maximum Gasteiger partial charge on any atom is 0.265 e. The third kappa shape index (κ3) is 4.12. The zero-order valence-electron chi connectivity index (χ0n) is 16.5. The van der Waals surface area contributed by atoms with Gasteiger partial charge in [0.2, 0.25) is 15.9 Å². The molecule has 1 atom stereocenters. The van der Waals surface area contributed by atoms with Crippen molar-refractivity contribution in [2.75, 3.05) is 18.4 Å². The normalized spacial score (nSPS) is 15.8. The fourth-order valence-corrected chi connectivity index (χ4v) is 4.86. The Bertz CT molecular complexity index is 1150. The summed E-state index contributed by atoms with van der Waals surface area (Å²) < 4.78 is 32.4. The van der Waals surface area contributed by atoms with Crippen molar-refractivity contribution in [3.8, 4) is 5.88 Å². The molecule has 0 spiro atoms. The average molecular weight is 426 g/mol. The van der Waals surface area contributed by atoms with Crippen LogP contribution >= 0.6 is 0 Å². The molecule has 0 unspecified atom stereocenters. The van der Waals surface area contributed by atoms with Crippen LogP contribution in [0.1, 0.15) is 19.8 Å². The molecule has 0 saturated carbocycles. The minimum Gasteiger partial charge on any atom is -0.463 e. The molecule has 30 heavy (non-hydrogen) atoms. The van der Waals surface area contributed by atoms with Crippen LogP contribution in [0.2, 0.25) is 0 Å². The number of carbonyl (C=O) groups is 1. The topological polar surface area (TPSA) is 101 Å². The van der Waals surface area contributed by atoms with Crippen LogP contribution in [0.5, 0.6) is 5.88 Å². The van der Waals surface area contributed by atoms with Gasteiger partial charge in [-0.1, -0.05) is 18.2 Å². The third-order valence-corrected chi connectivity index (χ3v) is 6.93. The smallest absolute Gasteiger partial charge is 0.265 e. The molecule has 3 aromatic rings. The van der Waals surface area contributed by atoms with E-state index in [4.69, 9.17) is 4.74 Å². The van der Waals surface area contributed by atoms with Gasteiger partial charge in [-0.2, -0.15) is 9.40 Å². The number of aromatic nitrogens is 2. The van der Waals surface area contributed by atoms with E-state index in [0.717, 1.165) is 23.6 Å². The number of hydrogen-bond acceptors (Lipinski definition) is 6. The van der Waals surface area contributed by atoms with Crippen LogP contribution in [0.15, 0.2) is 59.6 Å². The molecule has 1 aliphatic rings. The number of carbonyl (C=O) groups excluding carboxylic acids is 1. The Morgan fingerprint density at radius 2 is 1.80 bits per heavy atom. The number of anilines is 1. The summed E-state index contributed by atoms with van der Waals surface area (Å²) in [5.41, 5.74) is 0.486. The first-order valence-corrected chi connectivity index (χ1v) is 11.2. The van der Waals surface area contributed by atoms with Crippen LogP contribution in [0.25, 0.3) is 10.8 Å². The summed E-state index contributed by atoms with van der Waals surface area (Å²) in [4.78, 5) is 12.8. The van der Waals surface area contributed by atoms with Crippen LogP contribution < -0.4 is 10.1 Å². The van der Waals surface area contributed by atoms with Crippen molar-refractivity contribution in [2.45, 2.75) is 30.8 Å². The van der Waals surface area contributed by atoms with Gasteiger partial charge in [-0.15, -0.1) is 5.10 Å². The Morgan fingerprint density at radius 3 is 2.53 bits per heavy atom. The lowest BCUT2D eigenvalue weighted by Gasteiger charge is -2.17. The lowest BCUT2D eigenvalue weighted by Crippen LogP contribution is -2.30. The predicted octanol–water partition coefficient (Wildman–Crippen LogP) is 2.82. The molecular formula is C21H22N4O4S. The molecule has 8 nitrogen and oxygen atoms in total. The van der Waals surface area contributed by atoms with Gasteiger partial charge >= 0.3 is 0 Å². The second kappa shape index (κ2) is 8.37. The summed E-state index contributed by atoms with van der Waals surface area (Å²) in [6, 6.07) is 13.6. The minimum absolute atomic E-state index is 0.220. The number of benzene rings is 2. The number of fused-ring (bicyclic) bond motifs is 1. The summed E-state index contributed by atoms with van der Waals surface area (Å²) in [6.45, 7) is 2.71. The highest BCUT2D eigenvalue weighted by molar-refractivity contribution is 7.89. The van der Waals surface area contributed by atoms with E-state index >= 15 is 0 Å². The Labute approximate surface area is 174 Å². The minimum atomic E-state index is -3.48. The Hall–Kier alpha value is -3.04. The van der Waals surface area contributed by atoms with Gasteiger partial charge in [-0.3, -0.25) is 4.79 Å². The number of nitrogens with one attached hydrogen (secondary N) is 1. The molecule has 0 bridgehead atoms. The molecule has 1 aromatic heterocycles. The molecule has 0 radical (unpaired) electrons. The number of hydrogen-bond donors (Lipinski definition) is 1. The summed E-state index contributed by atoms with van der Waals surface area (Å²) in [6.07, 6.45) is 2.57. The average Bonchev–Trinajstić information content (AvgIpc) is 3.30. The summed E-state index contributed by atoms with van der Waals surface area (Å²) in [5, 5.41) is 12.3. The number of amides is 1. The first-order chi connectivity index (χ1) is 14.4. The van der Waals surface area contributed by atoms with E-state index in [1.54, 1.807) is 25.3 Å². The second-order valence-electron chi connectivity index (χ2n) is 7.12. The molecule has 0 aliphatic carbocycles. The highest BCUT2D eigenvalue weighted by atomic mass is 32.2. The SMILES string of the molecule is C[C@H](Oc1nncc2ccccc12)C(=O)Nc1ccc(S(=O)(=O)N2CCCC2)cc1. The molecule has 1 saturated heterocycles. The van der Waals surface area contributed by atoms with Crippen molar-refractivity contribution in [3.63, 3.8) is 0 Å². The fraction of sp³-hybridized carbons (Fsp3) is 0.286. The van der Waals surface area contributed by atoms with Crippen molar-refractivity contribution in [3.05, 3.63) is 54.7 Å². The molecular weight excluding hydrogens is 404 g/mol. The molecule has 9 heteroatoms. The first-order valence-electron chi connectivity index (χ1n) is 9.73. The summed E-state index contributed by atoms with van der Waals surface area (Å²) in [5.74, 6) is -0.0947. The van der Waals surface area contributed by atoms with Gasteiger partial charge < -0.3 is 10.1 Å². The van der Waals surface area contributed by atoms with Crippen LogP contribution in [0.4, 0.5) is 5.69 Å². The van der Waals surface area contributed by atoms with E-state index in [1.807, 2.05) is 24.3 Å². The van der Waals surface area contributed by atoms with E-state index in [-0.39, 0.29) is 16.7 Å². The van der Waals surface area contributed by atoms with E-state index in [2.05, 4.69) is 15.5 Å². The molecule has 2 heterocycles. The van der Waals surface area contributed by atoms with E-state index in [0.29, 0.717) is 18.8 Å². The van der Waals surface area contributed by atoms with E-state index < -0.39 is 16.1 Å². The van der Waals surface area contributed by atoms with Gasteiger partial charge in [0.15, 0.2) is 6.10 Å². The lowest BCUT2D eigenvalue weighted by molar-refractivity contribution is -0.122. The van der Waals surface area contributed by atoms with Gasteiger partial charge in [0.25, 0.3) is 5.91 Å². The fourth-order valence-electron chi connectivity index (χ4n) is 3.34. The molecule has 4 rings (SSSR count). The van der Waals surface area contributed by atoms with Crippen molar-refractivity contribution in [1.29, 1.82) is 0 Å². The van der Waals surface area contributed by atoms with E-state index in [1.165, 1.54) is 16.4 Å². The molecule has 1 amide bonds. The summed E-state index contributed by atoms with van der Waals surface area (Å²) >= 11 is 0. The highest BCUT2D eigenvalue weighted by Crippen LogP contribution is 2.24. The Kier molecular flexibility index (Phi) is 5.65. The van der Waals surface area contributed by atoms with Crippen molar-refractivity contribution < 1.29 is 17.9 Å². The molecule has 2 aromatic carbocycles. The highest BCUT2D eigenvalue weighted by Gasteiger charge is 2.27. The van der Waals surface area contributed by atoms with Gasteiger partial charge in [0, 0.05) is 29.5 Å². The Morgan fingerprint density at radius 1 is 1.10 bits per heavy atom. The zero-order chi connectivity index (χ0) is 21.1. The first kappa shape index (κ1) is 20.2. The maximum atomic E-state index is 12.6. The van der Waals surface area contributed by atoms with Gasteiger partial charge in [0.1, 0.15) is 0 Å². The molecule has 1 N–H and O–H groups in total. The molecule has 1 fully saturated rings. The standard InChI is InChI=1S/C21H22N4O4S/c1-15(29-21-19-7-3-2-6-16(19)14-22-24-21)20(26)23-17-8-10-18(11-9-17)30(27,28)25-12-4-5-13-25/h2-3,6-11,14-15H,4-5,12-13H2,1H3,(H,23,26)/t15-/m0/s1. The van der Waals surface area contributed by atoms with Crippen molar-refractivity contribution in [1.82, 2.24) is 14.5 Å². The van der Waals surface area contributed by atoms with Crippen molar-refractivity contribution in [2.24, 2.45) is 0 Å². The lowest BCUT2D eigenvalue weighted by atomic mass is 10.2. The quantitative estimate of drug-likeness (QED) is 0.650. The van der Waals surface area contributed by atoms with Gasteiger partial charge in [-0.05, 0) is 50.1 Å². The van der Waals surface area contributed by atoms with Crippen LogP contribution in [-0.4, -0.2) is 48.0 Å². The number of nitrogens with zero attached hydrogens (tertiary/aromatic N) is 3. The Balaban J connectivity index is 1.43. The van der Waals surface area contributed by atoms with Crippen LogP contribution in [-0.2, 0) is 14.8 Å². The van der Waals surface area contributed by atoms with Crippen molar-refractivity contribution >= 4 is 32.4 Å². The maximum absolute atomic E-state index is 12.6. The monoisotopic (exact) mass is 426 g/mol. The van der Waals surface area contributed by atoms with Crippen LogP contribution in [0.3, 0.4) is 0 Å². The number of ether oxygens (including phenoxy) is 1. The van der Waals surface area contributed by atoms with Gasteiger partial charge in [-0.25, -0.2) is 8.42 Å². The number of sulfonamides is 1.